The van der Waals surface area contributed by atoms with Gasteiger partial charge < -0.3 is 10.8 Å². The molecular formula is C13H12F2N2O3S. The van der Waals surface area contributed by atoms with Gasteiger partial charge in [-0.1, -0.05) is 6.07 Å². The van der Waals surface area contributed by atoms with Crippen molar-refractivity contribution < 1.29 is 22.3 Å². The van der Waals surface area contributed by atoms with Gasteiger partial charge in [0.1, 0.15) is 10.6 Å². The lowest BCUT2D eigenvalue weighted by molar-refractivity contribution is 0.471. The Labute approximate surface area is 120 Å². The molecule has 5 nitrogen and oxygen atoms in total. The molecule has 2 rings (SSSR count). The number of halogens is 2. The number of anilines is 2. The van der Waals surface area contributed by atoms with Gasteiger partial charge >= 0.3 is 0 Å². The van der Waals surface area contributed by atoms with Crippen LogP contribution in [-0.4, -0.2) is 13.5 Å². The maximum atomic E-state index is 13.6. The van der Waals surface area contributed by atoms with Crippen molar-refractivity contribution in [2.45, 2.75) is 11.8 Å². The highest BCUT2D eigenvalue weighted by Crippen LogP contribution is 2.26. The molecule has 0 heterocycles. The van der Waals surface area contributed by atoms with Gasteiger partial charge in [0.15, 0.2) is 11.6 Å². The molecule has 112 valence electrons. The Hall–Kier alpha value is -2.35. The lowest BCUT2D eigenvalue weighted by Crippen LogP contribution is -2.16. The number of benzene rings is 2. The lowest BCUT2D eigenvalue weighted by atomic mass is 10.2. The summed E-state index contributed by atoms with van der Waals surface area (Å²) in [6.45, 7) is 1.63. The fourth-order valence-corrected chi connectivity index (χ4v) is 2.83. The maximum Gasteiger partial charge on any atom is 0.265 e. The molecule has 0 aromatic heterocycles. The van der Waals surface area contributed by atoms with Gasteiger partial charge in [-0.2, -0.15) is 0 Å². The summed E-state index contributed by atoms with van der Waals surface area (Å²) in [6, 6.07) is 5.52. The Bertz CT molecular complexity index is 807. The van der Waals surface area contributed by atoms with Gasteiger partial charge in [-0.15, -0.1) is 0 Å². The van der Waals surface area contributed by atoms with E-state index in [1.807, 2.05) is 4.72 Å². The van der Waals surface area contributed by atoms with E-state index in [4.69, 9.17) is 5.73 Å². The third kappa shape index (κ3) is 3.05. The molecule has 0 aliphatic rings. The first-order valence-corrected chi connectivity index (χ1v) is 7.26. The van der Waals surface area contributed by atoms with Crippen molar-refractivity contribution >= 4 is 21.4 Å². The Morgan fingerprint density at radius 2 is 1.86 bits per heavy atom. The summed E-state index contributed by atoms with van der Waals surface area (Å²) >= 11 is 0. The second kappa shape index (κ2) is 5.21. The maximum absolute atomic E-state index is 13.6. The number of rotatable bonds is 3. The average molecular weight is 314 g/mol. The Kier molecular flexibility index (Phi) is 3.73. The molecule has 0 saturated carbocycles. The Balaban J connectivity index is 2.45. The summed E-state index contributed by atoms with van der Waals surface area (Å²) < 4.78 is 53.0. The second-order valence-electron chi connectivity index (χ2n) is 4.42. The first-order chi connectivity index (χ1) is 9.70. The van der Waals surface area contributed by atoms with E-state index in [2.05, 4.69) is 0 Å². The monoisotopic (exact) mass is 314 g/mol. The van der Waals surface area contributed by atoms with E-state index in [-0.39, 0.29) is 17.1 Å². The predicted octanol–water partition coefficient (Wildman–Crippen LogP) is 2.36. The number of aryl methyl sites for hydroxylation is 1. The first kappa shape index (κ1) is 15.0. The lowest BCUT2D eigenvalue weighted by Gasteiger charge is -2.11. The van der Waals surface area contributed by atoms with Crippen LogP contribution in [0.15, 0.2) is 35.2 Å². The Morgan fingerprint density at radius 3 is 2.48 bits per heavy atom. The minimum absolute atomic E-state index is 0.0142. The topological polar surface area (TPSA) is 92.4 Å². The molecule has 21 heavy (non-hydrogen) atoms. The summed E-state index contributed by atoms with van der Waals surface area (Å²) in [7, 11) is -4.37. The number of nitrogen functional groups attached to an aromatic ring is 1. The molecule has 0 saturated heterocycles. The SMILES string of the molecule is Cc1ccc(NS(=O)(=O)c2cc(N)cc(F)c2F)cc1O. The molecule has 0 radical (unpaired) electrons. The van der Waals surface area contributed by atoms with Crippen LogP contribution >= 0.6 is 0 Å². The van der Waals surface area contributed by atoms with Crippen LogP contribution in [0.25, 0.3) is 0 Å². The van der Waals surface area contributed by atoms with E-state index in [9.17, 15) is 22.3 Å². The fourth-order valence-electron chi connectivity index (χ4n) is 1.66. The van der Waals surface area contributed by atoms with Crippen LogP contribution in [-0.2, 0) is 10.0 Å². The minimum atomic E-state index is -4.37. The second-order valence-corrected chi connectivity index (χ2v) is 6.07. The zero-order chi connectivity index (χ0) is 15.8. The standard InChI is InChI=1S/C13H12F2N2O3S/c1-7-2-3-9(6-11(7)18)17-21(19,20)12-5-8(16)4-10(14)13(12)15/h2-6,17-18H,16H2,1H3. The molecular weight excluding hydrogens is 302 g/mol. The molecule has 0 amide bonds. The van der Waals surface area contributed by atoms with E-state index < -0.39 is 26.6 Å². The normalized spacial score (nSPS) is 11.4. The number of hydrogen-bond acceptors (Lipinski definition) is 4. The van der Waals surface area contributed by atoms with Crippen LogP contribution in [0.5, 0.6) is 5.75 Å². The third-order valence-electron chi connectivity index (χ3n) is 2.77. The summed E-state index contributed by atoms with van der Waals surface area (Å²) in [6.07, 6.45) is 0. The van der Waals surface area contributed by atoms with Gasteiger partial charge in [-0.05, 0) is 30.7 Å². The van der Waals surface area contributed by atoms with Gasteiger partial charge in [-0.25, -0.2) is 17.2 Å². The van der Waals surface area contributed by atoms with Crippen molar-refractivity contribution in [3.8, 4) is 5.75 Å². The minimum Gasteiger partial charge on any atom is -0.508 e. The number of nitrogens with one attached hydrogen (secondary N) is 1. The van der Waals surface area contributed by atoms with E-state index in [0.29, 0.717) is 11.6 Å². The highest BCUT2D eigenvalue weighted by molar-refractivity contribution is 7.92. The first-order valence-electron chi connectivity index (χ1n) is 5.77. The summed E-state index contributed by atoms with van der Waals surface area (Å²) in [5, 5.41) is 9.52. The summed E-state index contributed by atoms with van der Waals surface area (Å²) in [5.74, 6) is -3.01. The van der Waals surface area contributed by atoms with Crippen LogP contribution in [0.2, 0.25) is 0 Å². The number of hydrogen-bond donors (Lipinski definition) is 3. The van der Waals surface area contributed by atoms with E-state index in [1.54, 1.807) is 6.92 Å². The van der Waals surface area contributed by atoms with E-state index in [0.717, 1.165) is 12.1 Å². The van der Waals surface area contributed by atoms with Crippen molar-refractivity contribution in [1.29, 1.82) is 0 Å². The third-order valence-corrected chi connectivity index (χ3v) is 4.15. The summed E-state index contributed by atoms with van der Waals surface area (Å²) in [4.78, 5) is -0.903. The average Bonchev–Trinajstić information content (AvgIpc) is 2.37. The van der Waals surface area contributed by atoms with Crippen LogP contribution in [0.1, 0.15) is 5.56 Å². The molecule has 0 fully saturated rings. The van der Waals surface area contributed by atoms with E-state index in [1.165, 1.54) is 12.1 Å². The largest absolute Gasteiger partial charge is 0.508 e. The highest BCUT2D eigenvalue weighted by Gasteiger charge is 2.23. The number of aromatic hydroxyl groups is 1. The molecule has 0 atom stereocenters. The van der Waals surface area contributed by atoms with Crippen LogP contribution < -0.4 is 10.5 Å². The van der Waals surface area contributed by atoms with Crippen molar-refractivity contribution in [3.05, 3.63) is 47.5 Å². The van der Waals surface area contributed by atoms with Crippen LogP contribution in [0.3, 0.4) is 0 Å². The zero-order valence-corrected chi connectivity index (χ0v) is 11.7. The highest BCUT2D eigenvalue weighted by atomic mass is 32.2. The van der Waals surface area contributed by atoms with Crippen molar-refractivity contribution in [2.24, 2.45) is 0 Å². The molecule has 0 spiro atoms. The molecule has 0 aliphatic carbocycles. The molecule has 2 aromatic carbocycles. The van der Waals surface area contributed by atoms with Gasteiger partial charge in [0.05, 0.1) is 5.69 Å². The van der Waals surface area contributed by atoms with Gasteiger partial charge in [0, 0.05) is 11.8 Å². The Morgan fingerprint density at radius 1 is 1.19 bits per heavy atom. The van der Waals surface area contributed by atoms with Crippen LogP contribution in [0, 0.1) is 18.6 Å². The fraction of sp³-hybridized carbons (Fsp3) is 0.0769. The number of phenolic OH excluding ortho intramolecular Hbond substituents is 1. The molecule has 4 N–H and O–H groups in total. The molecule has 8 heteroatoms. The van der Waals surface area contributed by atoms with Crippen molar-refractivity contribution in [1.82, 2.24) is 0 Å². The van der Waals surface area contributed by atoms with E-state index >= 15 is 0 Å². The smallest absolute Gasteiger partial charge is 0.265 e. The zero-order valence-electron chi connectivity index (χ0n) is 10.9. The van der Waals surface area contributed by atoms with Gasteiger partial charge in [0.2, 0.25) is 0 Å². The molecule has 0 unspecified atom stereocenters. The van der Waals surface area contributed by atoms with Gasteiger partial charge in [-0.3, -0.25) is 4.72 Å². The van der Waals surface area contributed by atoms with Crippen molar-refractivity contribution in [3.63, 3.8) is 0 Å². The van der Waals surface area contributed by atoms with Crippen molar-refractivity contribution in [2.75, 3.05) is 10.5 Å². The molecule has 0 bridgehead atoms. The number of nitrogens with two attached hydrogens (primary N) is 1. The number of phenols is 1. The number of sulfonamides is 1. The van der Waals surface area contributed by atoms with Gasteiger partial charge in [0.25, 0.3) is 10.0 Å². The quantitative estimate of drug-likeness (QED) is 0.758. The molecule has 2 aromatic rings. The summed E-state index contributed by atoms with van der Waals surface area (Å²) in [5.41, 5.74) is 5.66. The van der Waals surface area contributed by atoms with Crippen LogP contribution in [0.4, 0.5) is 20.2 Å². The predicted molar refractivity (Wildman–Crippen MR) is 74.4 cm³/mol. The molecule has 0 aliphatic heterocycles.